The second-order valence-electron chi connectivity index (χ2n) is 8.59. The number of benzene rings is 6. The zero-order valence-electron chi connectivity index (χ0n) is 29.7. The molecule has 288 valence electrons. The normalized spacial score (nSPS) is 7.96. The maximum absolute atomic E-state index is 4.86. The molecule has 0 bridgehead atoms. The Hall–Kier alpha value is -3.98. The molecular weight excluding hydrogens is 884 g/mol. The quantitative estimate of drug-likeness (QED) is 0.190. The Morgan fingerprint density at radius 3 is 0.462 bits per heavy atom. The molecular formula is C42H42Cl2O6Pd2-8. The smallest absolute Gasteiger partial charge is 0.0743 e. The number of rotatable bonds is 6. The van der Waals surface area contributed by atoms with Gasteiger partial charge in [0.05, 0.1) is 42.7 Å². The van der Waals surface area contributed by atoms with Gasteiger partial charge in [-0.05, 0) is 0 Å². The van der Waals surface area contributed by atoms with E-state index >= 15 is 0 Å². The third kappa shape index (κ3) is 29.7. The zero-order chi connectivity index (χ0) is 34.9. The first kappa shape index (κ1) is 54.8. The van der Waals surface area contributed by atoms with E-state index < -0.39 is 0 Å². The van der Waals surface area contributed by atoms with Crippen molar-refractivity contribution in [2.45, 2.75) is 0 Å². The van der Waals surface area contributed by atoms with E-state index in [1.807, 2.05) is 146 Å². The molecule has 0 heterocycles. The molecule has 52 heavy (non-hydrogen) atoms. The molecule has 6 aromatic carbocycles. The second kappa shape index (κ2) is 39.8. The van der Waals surface area contributed by atoms with Crippen molar-refractivity contribution in [2.75, 3.05) is 42.7 Å². The minimum Gasteiger partial charge on any atom is -1.00 e. The van der Waals surface area contributed by atoms with Gasteiger partial charge in [0.15, 0.2) is 0 Å². The van der Waals surface area contributed by atoms with Gasteiger partial charge in [-0.3, -0.25) is 0 Å². The van der Waals surface area contributed by atoms with Crippen LogP contribution in [-0.2, 0) is 40.8 Å². The van der Waals surface area contributed by atoms with E-state index in [4.69, 9.17) is 28.4 Å². The van der Waals surface area contributed by atoms with E-state index in [-0.39, 0.29) is 65.7 Å². The predicted molar refractivity (Wildman–Crippen MR) is 191 cm³/mol. The summed E-state index contributed by atoms with van der Waals surface area (Å²) in [6, 6.07) is 62.4. The summed E-state index contributed by atoms with van der Waals surface area (Å²) in [5.74, 6) is 4.71. The van der Waals surface area contributed by atoms with Crippen molar-refractivity contribution in [2.24, 2.45) is 0 Å². The standard InChI is InChI=1S/6C7H7O.2ClH.2Pd/c6*1-8-7-5-3-2-4-6-7;;;;/h6*2-5H,1H3;2*1H;;/q6*-1;;;;/p-2. The predicted octanol–water partition coefficient (Wildman–Crippen LogP) is 2.98. The van der Waals surface area contributed by atoms with Crippen LogP contribution in [0.2, 0.25) is 0 Å². The van der Waals surface area contributed by atoms with E-state index in [9.17, 15) is 0 Å². The molecule has 6 aromatic rings. The van der Waals surface area contributed by atoms with Crippen molar-refractivity contribution in [1.29, 1.82) is 0 Å². The van der Waals surface area contributed by atoms with E-state index in [2.05, 4.69) is 36.4 Å². The zero-order valence-corrected chi connectivity index (χ0v) is 34.3. The molecule has 0 radical (unpaired) electrons. The summed E-state index contributed by atoms with van der Waals surface area (Å²) in [7, 11) is 9.78. The minimum absolute atomic E-state index is 0. The summed E-state index contributed by atoms with van der Waals surface area (Å²) < 4.78 is 29.2. The molecule has 10 heteroatoms. The minimum atomic E-state index is 0. The Bertz CT molecular complexity index is 1210. The van der Waals surface area contributed by atoms with E-state index in [1.165, 1.54) is 0 Å². The van der Waals surface area contributed by atoms with Crippen LogP contribution in [0.15, 0.2) is 146 Å². The molecule has 6 nitrogen and oxygen atoms in total. The first-order chi connectivity index (χ1) is 23.6. The van der Waals surface area contributed by atoms with Gasteiger partial charge in [-0.1, -0.05) is 0 Å². The van der Waals surface area contributed by atoms with Crippen LogP contribution < -0.4 is 53.2 Å². The van der Waals surface area contributed by atoms with Gasteiger partial charge < -0.3 is 53.2 Å². The topological polar surface area (TPSA) is 55.4 Å². The molecule has 0 N–H and O–H groups in total. The van der Waals surface area contributed by atoms with Crippen LogP contribution in [-0.4, -0.2) is 42.7 Å². The van der Waals surface area contributed by atoms with Gasteiger partial charge in [0, 0.05) is 75.3 Å². The van der Waals surface area contributed by atoms with Crippen molar-refractivity contribution in [3.63, 3.8) is 0 Å². The molecule has 0 unspecified atom stereocenters. The van der Waals surface area contributed by atoms with E-state index in [1.54, 1.807) is 42.7 Å². The maximum atomic E-state index is 4.86. The second-order valence-corrected chi connectivity index (χ2v) is 8.59. The average molecular weight is 927 g/mol. The SMILES string of the molecule is COc1[c-]cccc1.COc1[c-]cccc1.COc1[c-]cccc1.COc1[c-]cccc1.COc1[c-]cccc1.COc1[c-]cccc1.[Cl-].[Cl-].[Pd].[Pd]. The van der Waals surface area contributed by atoms with Gasteiger partial charge in [0.25, 0.3) is 0 Å². The summed E-state index contributed by atoms with van der Waals surface area (Å²) in [5, 5.41) is 0. The fourth-order valence-electron chi connectivity index (χ4n) is 3.02. The van der Waals surface area contributed by atoms with Gasteiger partial charge in [-0.2, -0.15) is 109 Å². The van der Waals surface area contributed by atoms with Crippen LogP contribution in [0.5, 0.6) is 34.5 Å². The Morgan fingerprint density at radius 1 is 0.269 bits per heavy atom. The van der Waals surface area contributed by atoms with E-state index in [0.29, 0.717) is 0 Å². The number of halogens is 2. The van der Waals surface area contributed by atoms with Crippen molar-refractivity contribution >= 4 is 0 Å². The van der Waals surface area contributed by atoms with Gasteiger partial charge in [-0.15, -0.1) is 72.8 Å². The average Bonchev–Trinajstić information content (AvgIpc) is 3.21. The van der Waals surface area contributed by atoms with Gasteiger partial charge in [0.1, 0.15) is 0 Å². The summed E-state index contributed by atoms with van der Waals surface area (Å²) in [6.45, 7) is 0. The Kier molecular flexibility index (Phi) is 41.9. The fourth-order valence-corrected chi connectivity index (χ4v) is 3.02. The van der Waals surface area contributed by atoms with E-state index in [0.717, 1.165) is 34.5 Å². The Balaban J connectivity index is -0.000000262. The van der Waals surface area contributed by atoms with Crippen molar-refractivity contribution in [3.05, 3.63) is 182 Å². The molecule has 0 saturated heterocycles. The van der Waals surface area contributed by atoms with Gasteiger partial charge in [-0.25, -0.2) is 0 Å². The van der Waals surface area contributed by atoms with Crippen LogP contribution in [0.3, 0.4) is 0 Å². The van der Waals surface area contributed by atoms with Crippen molar-refractivity contribution < 1.29 is 94.1 Å². The first-order valence-electron chi connectivity index (χ1n) is 14.6. The maximum Gasteiger partial charge on any atom is 0.0743 e. The molecule has 0 atom stereocenters. The van der Waals surface area contributed by atoms with Crippen molar-refractivity contribution in [3.8, 4) is 34.5 Å². The Morgan fingerprint density at radius 2 is 0.404 bits per heavy atom. The van der Waals surface area contributed by atoms with Crippen LogP contribution in [0.1, 0.15) is 0 Å². The number of hydrogen-bond donors (Lipinski definition) is 0. The number of hydrogen-bond acceptors (Lipinski definition) is 6. The summed E-state index contributed by atoms with van der Waals surface area (Å²) in [5.41, 5.74) is 0. The molecule has 0 spiro atoms. The molecule has 0 amide bonds. The summed E-state index contributed by atoms with van der Waals surface area (Å²) in [6.07, 6.45) is 0. The fraction of sp³-hybridized carbons (Fsp3) is 0.143. The third-order valence-electron chi connectivity index (χ3n) is 5.40. The first-order valence-corrected chi connectivity index (χ1v) is 14.6. The summed E-state index contributed by atoms with van der Waals surface area (Å²) in [4.78, 5) is 0. The molecule has 0 saturated carbocycles. The molecule has 0 aliphatic carbocycles. The van der Waals surface area contributed by atoms with Crippen LogP contribution in [0.4, 0.5) is 0 Å². The molecule has 0 aromatic heterocycles. The molecule has 0 fully saturated rings. The third-order valence-corrected chi connectivity index (χ3v) is 5.40. The number of para-hydroxylation sites is 6. The Labute approximate surface area is 350 Å². The van der Waals surface area contributed by atoms with Gasteiger partial charge in [0.2, 0.25) is 0 Å². The van der Waals surface area contributed by atoms with Crippen LogP contribution in [0.25, 0.3) is 0 Å². The largest absolute Gasteiger partial charge is 1.00 e. The number of ether oxygens (including phenoxy) is 6. The van der Waals surface area contributed by atoms with Crippen molar-refractivity contribution in [1.82, 2.24) is 0 Å². The molecule has 0 aliphatic rings. The number of methoxy groups -OCH3 is 6. The molecule has 6 rings (SSSR count). The van der Waals surface area contributed by atoms with Gasteiger partial charge >= 0.3 is 0 Å². The summed E-state index contributed by atoms with van der Waals surface area (Å²) >= 11 is 0. The molecule has 0 aliphatic heterocycles. The monoisotopic (exact) mass is 924 g/mol. The van der Waals surface area contributed by atoms with Crippen LogP contribution in [0, 0.1) is 36.4 Å². The van der Waals surface area contributed by atoms with Crippen LogP contribution >= 0.6 is 0 Å².